The largest absolute Gasteiger partial charge is 0.269 e. The normalized spacial score (nSPS) is 16.5. The van der Waals surface area contributed by atoms with Crippen molar-refractivity contribution in [2.75, 3.05) is 0 Å². The maximum absolute atomic E-state index is 6.09. The Bertz CT molecular complexity index is 998. The topological polar surface area (TPSA) is 48.5 Å². The van der Waals surface area contributed by atoms with Gasteiger partial charge in [-0.1, -0.05) is 23.4 Å². The molecule has 0 amide bonds. The van der Waals surface area contributed by atoms with Crippen LogP contribution >= 0.6 is 11.6 Å². The Morgan fingerprint density at radius 2 is 1.64 bits per heavy atom. The molecule has 2 aliphatic rings. The van der Waals surface area contributed by atoms with E-state index in [1.54, 1.807) is 6.20 Å². The van der Waals surface area contributed by atoms with Gasteiger partial charge in [-0.05, 0) is 31.7 Å². The number of hydrogen-bond donors (Lipinski definition) is 0. The van der Waals surface area contributed by atoms with E-state index in [4.69, 9.17) is 11.6 Å². The molecule has 3 heterocycles. The van der Waals surface area contributed by atoms with Crippen LogP contribution in [0.15, 0.2) is 37.1 Å². The second kappa shape index (κ2) is 5.75. The van der Waals surface area contributed by atoms with Crippen molar-refractivity contribution in [1.82, 2.24) is 24.5 Å². The molecular weight excluding hydrogens is 334 g/mol. The molecule has 5 rings (SSSR count). The van der Waals surface area contributed by atoms with Gasteiger partial charge in [-0.15, -0.1) is 0 Å². The molecule has 0 unspecified atom stereocenters. The highest BCUT2D eigenvalue weighted by Gasteiger charge is 2.25. The van der Waals surface area contributed by atoms with Crippen molar-refractivity contribution in [3.63, 3.8) is 0 Å². The molecule has 0 aliphatic heterocycles. The number of pyridine rings is 1. The summed E-state index contributed by atoms with van der Waals surface area (Å²) in [5, 5.41) is 9.28. The lowest BCUT2D eigenvalue weighted by atomic mass is 10.1. The van der Waals surface area contributed by atoms with Crippen molar-refractivity contribution in [1.29, 1.82) is 0 Å². The third-order valence-electron chi connectivity index (χ3n) is 4.57. The lowest BCUT2D eigenvalue weighted by Gasteiger charge is -2.02. The van der Waals surface area contributed by atoms with E-state index < -0.39 is 0 Å². The van der Waals surface area contributed by atoms with E-state index in [1.165, 1.54) is 25.7 Å². The Kier molecular flexibility index (Phi) is 3.39. The fourth-order valence-corrected chi connectivity index (χ4v) is 3.02. The van der Waals surface area contributed by atoms with Gasteiger partial charge in [0, 0.05) is 35.3 Å². The van der Waals surface area contributed by atoms with Gasteiger partial charge in [-0.25, -0.2) is 4.98 Å². The van der Waals surface area contributed by atoms with Crippen LogP contribution in [0.5, 0.6) is 0 Å². The zero-order chi connectivity index (χ0) is 16.8. The van der Waals surface area contributed by atoms with Crippen LogP contribution in [0.1, 0.15) is 48.9 Å². The first-order valence-electron chi connectivity index (χ1n) is 8.52. The third kappa shape index (κ3) is 3.06. The van der Waals surface area contributed by atoms with Gasteiger partial charge < -0.3 is 0 Å². The highest BCUT2D eigenvalue weighted by molar-refractivity contribution is 6.29. The predicted octanol–water partition coefficient (Wildman–Crippen LogP) is 3.86. The van der Waals surface area contributed by atoms with E-state index in [0.717, 1.165) is 22.3 Å². The summed E-state index contributed by atoms with van der Waals surface area (Å²) in [6, 6.07) is 2.93. The van der Waals surface area contributed by atoms with Gasteiger partial charge in [0.05, 0.1) is 30.0 Å². The summed E-state index contributed by atoms with van der Waals surface area (Å²) in [5.74, 6) is 6.43. The first-order valence-corrected chi connectivity index (χ1v) is 8.90. The molecule has 0 bridgehead atoms. The molecule has 6 heteroatoms. The Morgan fingerprint density at radius 1 is 0.920 bits per heavy atom. The van der Waals surface area contributed by atoms with Gasteiger partial charge in [-0.2, -0.15) is 10.2 Å². The smallest absolute Gasteiger partial charge is 0.130 e. The van der Waals surface area contributed by atoms with Crippen molar-refractivity contribution in [3.05, 3.63) is 53.3 Å². The summed E-state index contributed by atoms with van der Waals surface area (Å²) in [5.41, 5.74) is 3.75. The average Bonchev–Trinajstić information content (AvgIpc) is 3.55. The molecule has 0 radical (unpaired) electrons. The second-order valence-electron chi connectivity index (χ2n) is 6.68. The second-order valence-corrected chi connectivity index (χ2v) is 7.07. The molecule has 124 valence electrons. The summed E-state index contributed by atoms with van der Waals surface area (Å²) < 4.78 is 4.03. The molecule has 5 nitrogen and oxygen atoms in total. The number of nitrogens with zero attached hydrogens (tertiary/aromatic N) is 5. The zero-order valence-electron chi connectivity index (χ0n) is 13.6. The molecule has 2 fully saturated rings. The van der Waals surface area contributed by atoms with Crippen molar-refractivity contribution in [2.45, 2.75) is 37.8 Å². The molecule has 2 saturated carbocycles. The molecule has 25 heavy (non-hydrogen) atoms. The molecule has 0 saturated heterocycles. The highest BCUT2D eigenvalue weighted by atomic mass is 35.5. The predicted molar refractivity (Wildman–Crippen MR) is 95.2 cm³/mol. The molecular formula is C19H16ClN5. The zero-order valence-corrected chi connectivity index (χ0v) is 14.3. The molecule has 3 aromatic rings. The molecule has 0 spiro atoms. The molecule has 3 aromatic heterocycles. The fraction of sp³-hybridized carbons (Fsp3) is 0.316. The lowest BCUT2D eigenvalue weighted by Crippen LogP contribution is -1.92. The van der Waals surface area contributed by atoms with Crippen LogP contribution in [0.4, 0.5) is 0 Å². The van der Waals surface area contributed by atoms with Crippen LogP contribution in [0.2, 0.25) is 5.15 Å². The monoisotopic (exact) mass is 349 g/mol. The van der Waals surface area contributed by atoms with Gasteiger partial charge in [-0.3, -0.25) is 9.36 Å². The number of rotatable bonds is 3. The van der Waals surface area contributed by atoms with Crippen LogP contribution in [-0.4, -0.2) is 24.5 Å². The van der Waals surface area contributed by atoms with Gasteiger partial charge in [0.25, 0.3) is 0 Å². The summed E-state index contributed by atoms with van der Waals surface area (Å²) in [7, 11) is 0. The minimum atomic E-state index is 0.441. The Morgan fingerprint density at radius 3 is 2.40 bits per heavy atom. The number of aromatic nitrogens is 5. The maximum atomic E-state index is 6.09. The fourth-order valence-electron chi connectivity index (χ4n) is 2.86. The minimum absolute atomic E-state index is 0.441. The van der Waals surface area contributed by atoms with Crippen molar-refractivity contribution >= 4 is 11.6 Å². The SMILES string of the molecule is Clc1cc(C#Cc2cnn(C3CC3)c2)c(-c2cnn(C3CC3)c2)cn1. The molecule has 0 atom stereocenters. The molecule has 0 aromatic carbocycles. The Balaban J connectivity index is 1.49. The van der Waals surface area contributed by atoms with E-state index in [1.807, 2.05) is 34.0 Å². The number of halogens is 1. The van der Waals surface area contributed by atoms with E-state index >= 15 is 0 Å². The van der Waals surface area contributed by atoms with Gasteiger partial charge in [0.15, 0.2) is 0 Å². The third-order valence-corrected chi connectivity index (χ3v) is 4.77. The molecule has 2 aliphatic carbocycles. The highest BCUT2D eigenvalue weighted by Crippen LogP contribution is 2.36. The van der Waals surface area contributed by atoms with Crippen molar-refractivity contribution < 1.29 is 0 Å². The van der Waals surface area contributed by atoms with E-state index in [2.05, 4.69) is 33.2 Å². The molecule has 0 N–H and O–H groups in total. The van der Waals surface area contributed by atoms with Crippen LogP contribution in [0.25, 0.3) is 11.1 Å². The van der Waals surface area contributed by atoms with Crippen LogP contribution in [-0.2, 0) is 0 Å². The van der Waals surface area contributed by atoms with Crippen LogP contribution < -0.4 is 0 Å². The minimum Gasteiger partial charge on any atom is -0.269 e. The standard InChI is InChI=1S/C19H16ClN5/c20-19-7-14(2-1-13-8-22-24(11-13)16-3-4-16)18(10-21-19)15-9-23-25(12-15)17-5-6-17/h7-12,16-17H,3-6H2. The first-order chi connectivity index (χ1) is 12.3. The Hall–Kier alpha value is -2.58. The number of hydrogen-bond acceptors (Lipinski definition) is 3. The summed E-state index contributed by atoms with van der Waals surface area (Å²) in [6.45, 7) is 0. The van der Waals surface area contributed by atoms with E-state index in [-0.39, 0.29) is 0 Å². The van der Waals surface area contributed by atoms with Crippen molar-refractivity contribution in [2.24, 2.45) is 0 Å². The maximum Gasteiger partial charge on any atom is 0.130 e. The van der Waals surface area contributed by atoms with Crippen molar-refractivity contribution in [3.8, 4) is 23.0 Å². The summed E-state index contributed by atoms with van der Waals surface area (Å²) >= 11 is 6.09. The van der Waals surface area contributed by atoms with Gasteiger partial charge >= 0.3 is 0 Å². The quantitative estimate of drug-likeness (QED) is 0.533. The lowest BCUT2D eigenvalue weighted by molar-refractivity contribution is 0.641. The average molecular weight is 350 g/mol. The Labute approximate surface area is 150 Å². The van der Waals surface area contributed by atoms with E-state index in [0.29, 0.717) is 17.2 Å². The summed E-state index contributed by atoms with van der Waals surface area (Å²) in [4.78, 5) is 4.22. The van der Waals surface area contributed by atoms with E-state index in [9.17, 15) is 0 Å². The first kappa shape index (κ1) is 14.7. The van der Waals surface area contributed by atoms with Gasteiger partial charge in [0.1, 0.15) is 5.15 Å². The van der Waals surface area contributed by atoms with Crippen LogP contribution in [0, 0.1) is 11.8 Å². The van der Waals surface area contributed by atoms with Gasteiger partial charge in [0.2, 0.25) is 0 Å². The summed E-state index contributed by atoms with van der Waals surface area (Å²) in [6.07, 6.45) is 14.4. The van der Waals surface area contributed by atoms with Crippen LogP contribution in [0.3, 0.4) is 0 Å².